The van der Waals surface area contributed by atoms with Gasteiger partial charge in [-0.1, -0.05) is 0 Å². The van der Waals surface area contributed by atoms with Crippen molar-refractivity contribution in [3.05, 3.63) is 0 Å². The van der Waals surface area contributed by atoms with E-state index in [4.69, 9.17) is 4.74 Å². The number of hydrogen-bond donors (Lipinski definition) is 2. The largest absolute Gasteiger partial charge is 0.381 e. The first-order valence-electron chi connectivity index (χ1n) is 5.95. The van der Waals surface area contributed by atoms with Crippen molar-refractivity contribution in [2.45, 2.75) is 31.7 Å². The highest BCUT2D eigenvalue weighted by Crippen LogP contribution is 2.14. The van der Waals surface area contributed by atoms with Crippen LogP contribution in [0.15, 0.2) is 0 Å². The molecule has 4 heteroatoms. The number of carbonyl (C=O) groups is 1. The molecule has 2 fully saturated rings. The predicted molar refractivity (Wildman–Crippen MR) is 57.6 cm³/mol. The summed E-state index contributed by atoms with van der Waals surface area (Å²) in [6.07, 6.45) is 4.11. The van der Waals surface area contributed by atoms with Crippen molar-refractivity contribution in [2.24, 2.45) is 5.92 Å². The van der Waals surface area contributed by atoms with Crippen molar-refractivity contribution in [1.82, 2.24) is 10.6 Å². The van der Waals surface area contributed by atoms with Crippen molar-refractivity contribution in [3.63, 3.8) is 0 Å². The molecule has 0 aromatic heterocycles. The molecular formula is C11H20N2O2. The molecule has 0 aromatic carbocycles. The molecule has 0 bridgehead atoms. The third kappa shape index (κ3) is 3.18. The highest BCUT2D eigenvalue weighted by Gasteiger charge is 2.24. The van der Waals surface area contributed by atoms with Crippen molar-refractivity contribution >= 4 is 5.91 Å². The van der Waals surface area contributed by atoms with Crippen LogP contribution in [-0.2, 0) is 9.53 Å². The number of ether oxygens (including phenoxy) is 1. The van der Waals surface area contributed by atoms with Crippen molar-refractivity contribution in [2.75, 3.05) is 26.3 Å². The molecule has 2 saturated heterocycles. The second kappa shape index (κ2) is 5.47. The maximum absolute atomic E-state index is 11.9. The molecule has 0 aromatic rings. The summed E-state index contributed by atoms with van der Waals surface area (Å²) in [4.78, 5) is 11.9. The summed E-state index contributed by atoms with van der Waals surface area (Å²) in [5.41, 5.74) is 0. The lowest BCUT2D eigenvalue weighted by molar-refractivity contribution is -0.129. The van der Waals surface area contributed by atoms with Gasteiger partial charge >= 0.3 is 0 Å². The zero-order chi connectivity index (χ0) is 10.5. The standard InChI is InChI=1S/C11H20N2O2/c14-11(9-2-1-7-15-8-9)13-10-3-5-12-6-4-10/h9-10,12H,1-8H2,(H,13,14). The Morgan fingerprint density at radius 1 is 1.27 bits per heavy atom. The maximum Gasteiger partial charge on any atom is 0.225 e. The molecule has 2 rings (SSSR count). The zero-order valence-electron chi connectivity index (χ0n) is 9.13. The van der Waals surface area contributed by atoms with E-state index in [1.807, 2.05) is 0 Å². The van der Waals surface area contributed by atoms with E-state index in [-0.39, 0.29) is 11.8 Å². The Morgan fingerprint density at radius 2 is 2.07 bits per heavy atom. The van der Waals surface area contributed by atoms with Crippen LogP contribution >= 0.6 is 0 Å². The Hall–Kier alpha value is -0.610. The maximum atomic E-state index is 11.9. The summed E-state index contributed by atoms with van der Waals surface area (Å²) in [6.45, 7) is 3.46. The van der Waals surface area contributed by atoms with Crippen LogP contribution in [0.25, 0.3) is 0 Å². The van der Waals surface area contributed by atoms with Gasteiger partial charge in [0.05, 0.1) is 12.5 Å². The highest BCUT2D eigenvalue weighted by molar-refractivity contribution is 5.79. The number of piperidine rings is 1. The molecule has 4 nitrogen and oxygen atoms in total. The van der Waals surface area contributed by atoms with E-state index in [1.165, 1.54) is 0 Å². The number of rotatable bonds is 2. The van der Waals surface area contributed by atoms with Crippen LogP contribution in [0.2, 0.25) is 0 Å². The minimum Gasteiger partial charge on any atom is -0.381 e. The summed E-state index contributed by atoms with van der Waals surface area (Å²) in [5, 5.41) is 6.42. The average molecular weight is 212 g/mol. The van der Waals surface area contributed by atoms with Gasteiger partial charge in [-0.2, -0.15) is 0 Å². The topological polar surface area (TPSA) is 50.4 Å². The fourth-order valence-corrected chi connectivity index (χ4v) is 2.23. The fourth-order valence-electron chi connectivity index (χ4n) is 2.23. The minimum atomic E-state index is 0.0913. The number of amides is 1. The van der Waals surface area contributed by atoms with Gasteiger partial charge in [0, 0.05) is 12.6 Å². The highest BCUT2D eigenvalue weighted by atomic mass is 16.5. The van der Waals surface area contributed by atoms with Crippen LogP contribution in [-0.4, -0.2) is 38.3 Å². The van der Waals surface area contributed by atoms with Crippen molar-refractivity contribution in [3.8, 4) is 0 Å². The van der Waals surface area contributed by atoms with Gasteiger partial charge in [0.25, 0.3) is 0 Å². The van der Waals surface area contributed by atoms with Crippen LogP contribution in [0.3, 0.4) is 0 Å². The first-order valence-corrected chi connectivity index (χ1v) is 5.95. The lowest BCUT2D eigenvalue weighted by Gasteiger charge is -2.27. The molecule has 15 heavy (non-hydrogen) atoms. The summed E-state index contributed by atoms with van der Waals surface area (Å²) >= 11 is 0. The number of nitrogens with one attached hydrogen (secondary N) is 2. The normalized spacial score (nSPS) is 28.7. The molecule has 0 aliphatic carbocycles. The molecule has 2 N–H and O–H groups in total. The minimum absolute atomic E-state index is 0.0913. The third-order valence-electron chi connectivity index (χ3n) is 3.22. The molecule has 0 saturated carbocycles. The summed E-state index contributed by atoms with van der Waals surface area (Å²) < 4.78 is 5.32. The molecule has 1 atom stereocenters. The van der Waals surface area contributed by atoms with Crippen LogP contribution in [0, 0.1) is 5.92 Å². The average Bonchev–Trinajstić information content (AvgIpc) is 2.31. The van der Waals surface area contributed by atoms with E-state index in [9.17, 15) is 4.79 Å². The number of hydrogen-bond acceptors (Lipinski definition) is 3. The summed E-state index contributed by atoms with van der Waals surface area (Å²) in [7, 11) is 0. The van der Waals surface area contributed by atoms with E-state index in [0.29, 0.717) is 12.6 Å². The molecule has 2 aliphatic heterocycles. The summed E-state index contributed by atoms with van der Waals surface area (Å²) in [6, 6.07) is 0.376. The quantitative estimate of drug-likeness (QED) is 0.691. The zero-order valence-corrected chi connectivity index (χ0v) is 9.13. The second-order valence-corrected chi connectivity index (χ2v) is 4.45. The third-order valence-corrected chi connectivity index (χ3v) is 3.22. The van der Waals surface area contributed by atoms with E-state index >= 15 is 0 Å². The Bertz CT molecular complexity index is 209. The van der Waals surface area contributed by atoms with Gasteiger partial charge in [-0.25, -0.2) is 0 Å². The monoisotopic (exact) mass is 212 g/mol. The first-order chi connectivity index (χ1) is 7.36. The van der Waals surface area contributed by atoms with Crippen LogP contribution < -0.4 is 10.6 Å². The van der Waals surface area contributed by atoms with E-state index < -0.39 is 0 Å². The summed E-state index contributed by atoms with van der Waals surface area (Å²) in [5.74, 6) is 0.287. The molecular weight excluding hydrogens is 192 g/mol. The van der Waals surface area contributed by atoms with Gasteiger partial charge in [0.2, 0.25) is 5.91 Å². The van der Waals surface area contributed by atoms with Crippen LogP contribution in [0.1, 0.15) is 25.7 Å². The Morgan fingerprint density at radius 3 is 2.73 bits per heavy atom. The van der Waals surface area contributed by atoms with Crippen molar-refractivity contribution < 1.29 is 9.53 Å². The van der Waals surface area contributed by atoms with Gasteiger partial charge in [0.15, 0.2) is 0 Å². The first kappa shape index (κ1) is 10.9. The van der Waals surface area contributed by atoms with E-state index in [1.54, 1.807) is 0 Å². The molecule has 86 valence electrons. The van der Waals surface area contributed by atoms with Crippen LogP contribution in [0.5, 0.6) is 0 Å². The Labute approximate surface area is 90.8 Å². The van der Waals surface area contributed by atoms with Crippen molar-refractivity contribution in [1.29, 1.82) is 0 Å². The Kier molecular flexibility index (Phi) is 3.97. The molecule has 1 unspecified atom stereocenters. The Balaban J connectivity index is 1.74. The molecule has 2 aliphatic rings. The molecule has 0 spiro atoms. The lowest BCUT2D eigenvalue weighted by atomic mass is 9.99. The fraction of sp³-hybridized carbons (Fsp3) is 0.909. The SMILES string of the molecule is O=C(NC1CCNCC1)C1CCCOC1. The second-order valence-electron chi connectivity index (χ2n) is 4.45. The van der Waals surface area contributed by atoms with Gasteiger partial charge in [-0.05, 0) is 38.8 Å². The molecule has 2 heterocycles. The molecule has 1 amide bonds. The van der Waals surface area contributed by atoms with Gasteiger partial charge in [-0.3, -0.25) is 4.79 Å². The van der Waals surface area contributed by atoms with E-state index in [2.05, 4.69) is 10.6 Å². The van der Waals surface area contributed by atoms with E-state index in [0.717, 1.165) is 45.4 Å². The predicted octanol–water partition coefficient (Wildman–Crippen LogP) is 0.281. The number of carbonyl (C=O) groups excluding carboxylic acids is 1. The molecule has 0 radical (unpaired) electrons. The smallest absolute Gasteiger partial charge is 0.225 e. The lowest BCUT2D eigenvalue weighted by Crippen LogP contribution is -2.46. The van der Waals surface area contributed by atoms with Crippen LogP contribution in [0.4, 0.5) is 0 Å². The van der Waals surface area contributed by atoms with Gasteiger partial charge in [0.1, 0.15) is 0 Å². The van der Waals surface area contributed by atoms with Gasteiger partial charge in [-0.15, -0.1) is 0 Å². The van der Waals surface area contributed by atoms with Gasteiger partial charge < -0.3 is 15.4 Å².